The smallest absolute Gasteiger partial charge is 0.307 e. The standard InChI is InChI=1S/C11H11Cl2N3O2/c1-18-10(17)2-3-16-9(4-12)15-8-6-14-5-7(13)11(8)16/h5-6H,2-4H2,1H3. The van der Waals surface area contributed by atoms with Gasteiger partial charge in [-0.15, -0.1) is 11.6 Å². The lowest BCUT2D eigenvalue weighted by molar-refractivity contribution is -0.140. The van der Waals surface area contributed by atoms with E-state index in [1.807, 2.05) is 4.57 Å². The first kappa shape index (κ1) is 13.1. The lowest BCUT2D eigenvalue weighted by Crippen LogP contribution is -2.09. The van der Waals surface area contributed by atoms with Gasteiger partial charge in [0, 0.05) is 12.7 Å². The molecule has 0 atom stereocenters. The van der Waals surface area contributed by atoms with Crippen molar-refractivity contribution in [2.75, 3.05) is 7.11 Å². The largest absolute Gasteiger partial charge is 0.469 e. The van der Waals surface area contributed by atoms with Gasteiger partial charge in [0.1, 0.15) is 11.3 Å². The molecule has 0 N–H and O–H groups in total. The second-order valence-corrected chi connectivity index (χ2v) is 4.30. The van der Waals surface area contributed by atoms with Crippen molar-refractivity contribution in [2.24, 2.45) is 0 Å². The first-order valence-electron chi connectivity index (χ1n) is 5.28. The first-order chi connectivity index (χ1) is 8.67. The molecule has 0 bridgehead atoms. The molecular weight excluding hydrogens is 277 g/mol. The number of rotatable bonds is 4. The molecule has 0 aliphatic carbocycles. The van der Waals surface area contributed by atoms with Gasteiger partial charge in [-0.1, -0.05) is 11.6 Å². The number of ether oxygens (including phenoxy) is 1. The number of alkyl halides is 1. The minimum atomic E-state index is -0.289. The minimum absolute atomic E-state index is 0.241. The molecule has 18 heavy (non-hydrogen) atoms. The highest BCUT2D eigenvalue weighted by Gasteiger charge is 2.14. The summed E-state index contributed by atoms with van der Waals surface area (Å²) >= 11 is 11.9. The monoisotopic (exact) mass is 287 g/mol. The third-order valence-electron chi connectivity index (χ3n) is 2.57. The van der Waals surface area contributed by atoms with Gasteiger partial charge in [-0.2, -0.15) is 0 Å². The Morgan fingerprint density at radius 3 is 2.94 bits per heavy atom. The lowest BCUT2D eigenvalue weighted by atomic mass is 10.3. The van der Waals surface area contributed by atoms with Crippen LogP contribution >= 0.6 is 23.2 Å². The Kier molecular flexibility index (Phi) is 4.04. The van der Waals surface area contributed by atoms with Crippen LogP contribution in [0.2, 0.25) is 5.02 Å². The molecule has 0 fully saturated rings. The van der Waals surface area contributed by atoms with E-state index in [4.69, 9.17) is 23.2 Å². The normalized spacial score (nSPS) is 10.8. The second kappa shape index (κ2) is 5.54. The number of pyridine rings is 1. The van der Waals surface area contributed by atoms with Crippen LogP contribution in [-0.2, 0) is 22.0 Å². The molecule has 0 aromatic carbocycles. The number of methoxy groups -OCH3 is 1. The summed E-state index contributed by atoms with van der Waals surface area (Å²) in [5.74, 6) is 0.611. The van der Waals surface area contributed by atoms with Gasteiger partial charge in [0.25, 0.3) is 0 Å². The van der Waals surface area contributed by atoms with Crippen molar-refractivity contribution >= 4 is 40.2 Å². The maximum absolute atomic E-state index is 11.2. The Balaban J connectivity index is 2.43. The van der Waals surface area contributed by atoms with E-state index in [-0.39, 0.29) is 18.3 Å². The topological polar surface area (TPSA) is 57.0 Å². The number of halogens is 2. The van der Waals surface area contributed by atoms with E-state index in [1.54, 1.807) is 6.20 Å². The molecule has 0 saturated heterocycles. The average Bonchev–Trinajstić information content (AvgIpc) is 2.75. The van der Waals surface area contributed by atoms with Crippen molar-refractivity contribution in [1.29, 1.82) is 0 Å². The molecule has 0 amide bonds. The molecule has 0 radical (unpaired) electrons. The van der Waals surface area contributed by atoms with E-state index in [1.165, 1.54) is 13.3 Å². The third-order valence-corrected chi connectivity index (χ3v) is 3.09. The molecule has 7 heteroatoms. The molecule has 2 heterocycles. The van der Waals surface area contributed by atoms with Gasteiger partial charge in [-0.25, -0.2) is 4.98 Å². The Bertz CT molecular complexity index is 583. The van der Waals surface area contributed by atoms with Gasteiger partial charge in [-0.05, 0) is 0 Å². The molecule has 96 valence electrons. The van der Waals surface area contributed by atoms with E-state index in [0.717, 1.165) is 5.52 Å². The summed E-state index contributed by atoms with van der Waals surface area (Å²) in [6.45, 7) is 0.426. The van der Waals surface area contributed by atoms with E-state index in [9.17, 15) is 4.79 Å². The number of aryl methyl sites for hydroxylation is 1. The highest BCUT2D eigenvalue weighted by Crippen LogP contribution is 2.24. The van der Waals surface area contributed by atoms with Crippen LogP contribution in [0.5, 0.6) is 0 Å². The lowest BCUT2D eigenvalue weighted by Gasteiger charge is -2.07. The van der Waals surface area contributed by atoms with Crippen molar-refractivity contribution in [3.63, 3.8) is 0 Å². The van der Waals surface area contributed by atoms with Crippen LogP contribution in [0.1, 0.15) is 12.2 Å². The van der Waals surface area contributed by atoms with Gasteiger partial charge in [0.2, 0.25) is 0 Å². The zero-order valence-corrected chi connectivity index (χ0v) is 11.2. The zero-order chi connectivity index (χ0) is 13.1. The summed E-state index contributed by atoms with van der Waals surface area (Å²) in [5.41, 5.74) is 1.41. The number of fused-ring (bicyclic) bond motifs is 1. The molecule has 5 nitrogen and oxygen atoms in total. The number of esters is 1. The highest BCUT2D eigenvalue weighted by molar-refractivity contribution is 6.34. The second-order valence-electron chi connectivity index (χ2n) is 3.63. The van der Waals surface area contributed by atoms with Crippen LogP contribution in [0.15, 0.2) is 12.4 Å². The number of nitrogens with zero attached hydrogens (tertiary/aromatic N) is 3. The fourth-order valence-corrected chi connectivity index (χ4v) is 2.20. The molecule has 2 rings (SSSR count). The van der Waals surface area contributed by atoms with E-state index < -0.39 is 0 Å². The molecule has 0 spiro atoms. The highest BCUT2D eigenvalue weighted by atomic mass is 35.5. The number of carbonyl (C=O) groups is 1. The Morgan fingerprint density at radius 1 is 1.50 bits per heavy atom. The summed E-state index contributed by atoms with van der Waals surface area (Å²) < 4.78 is 6.44. The number of aromatic nitrogens is 3. The van der Waals surface area contributed by atoms with Crippen LogP contribution in [0.3, 0.4) is 0 Å². The molecular formula is C11H11Cl2N3O2. The van der Waals surface area contributed by atoms with Crippen molar-refractivity contribution < 1.29 is 9.53 Å². The predicted molar refractivity (Wildman–Crippen MR) is 68.7 cm³/mol. The van der Waals surface area contributed by atoms with Crippen LogP contribution in [0.25, 0.3) is 11.0 Å². The van der Waals surface area contributed by atoms with Crippen LogP contribution < -0.4 is 0 Å². The van der Waals surface area contributed by atoms with Gasteiger partial charge < -0.3 is 9.30 Å². The fourth-order valence-electron chi connectivity index (χ4n) is 1.74. The van der Waals surface area contributed by atoms with Gasteiger partial charge in [0.15, 0.2) is 0 Å². The van der Waals surface area contributed by atoms with Crippen molar-refractivity contribution in [3.05, 3.63) is 23.2 Å². The van der Waals surface area contributed by atoms with E-state index >= 15 is 0 Å². The Hall–Kier alpha value is -1.33. The van der Waals surface area contributed by atoms with Crippen LogP contribution in [-0.4, -0.2) is 27.6 Å². The van der Waals surface area contributed by atoms with Gasteiger partial charge in [-0.3, -0.25) is 9.78 Å². The van der Waals surface area contributed by atoms with E-state index in [0.29, 0.717) is 22.9 Å². The summed E-state index contributed by atoms with van der Waals surface area (Å²) in [5, 5.41) is 0.487. The summed E-state index contributed by atoms with van der Waals surface area (Å²) in [7, 11) is 1.35. The minimum Gasteiger partial charge on any atom is -0.469 e. The Labute approximate surface area is 114 Å². The number of imidazole rings is 1. The third kappa shape index (κ3) is 2.42. The number of carbonyl (C=O) groups excluding carboxylic acids is 1. The molecule has 0 unspecified atom stereocenters. The maximum Gasteiger partial charge on any atom is 0.307 e. The van der Waals surface area contributed by atoms with Crippen molar-refractivity contribution in [2.45, 2.75) is 18.8 Å². The quantitative estimate of drug-likeness (QED) is 0.640. The van der Waals surface area contributed by atoms with Crippen LogP contribution in [0.4, 0.5) is 0 Å². The van der Waals surface area contributed by atoms with Crippen molar-refractivity contribution in [3.8, 4) is 0 Å². The van der Waals surface area contributed by atoms with E-state index in [2.05, 4.69) is 14.7 Å². The summed E-state index contributed by atoms with van der Waals surface area (Å²) in [6, 6.07) is 0. The summed E-state index contributed by atoms with van der Waals surface area (Å²) in [6.07, 6.45) is 3.40. The SMILES string of the molecule is COC(=O)CCn1c(CCl)nc2cncc(Cl)c21. The zero-order valence-electron chi connectivity index (χ0n) is 9.69. The fraction of sp³-hybridized carbons (Fsp3) is 0.364. The summed E-state index contributed by atoms with van der Waals surface area (Å²) in [4.78, 5) is 19.5. The van der Waals surface area contributed by atoms with Gasteiger partial charge >= 0.3 is 5.97 Å². The van der Waals surface area contributed by atoms with Crippen LogP contribution in [0, 0.1) is 0 Å². The molecule has 2 aromatic rings. The maximum atomic E-state index is 11.2. The van der Waals surface area contributed by atoms with Crippen molar-refractivity contribution in [1.82, 2.24) is 14.5 Å². The number of hydrogen-bond donors (Lipinski definition) is 0. The Morgan fingerprint density at radius 2 is 2.28 bits per heavy atom. The molecule has 0 aliphatic heterocycles. The molecule has 0 saturated carbocycles. The average molecular weight is 288 g/mol. The van der Waals surface area contributed by atoms with Gasteiger partial charge in [0.05, 0.1) is 36.1 Å². The first-order valence-corrected chi connectivity index (χ1v) is 6.20. The predicted octanol–water partition coefficient (Wildman–Crippen LogP) is 2.39. The number of hydrogen-bond acceptors (Lipinski definition) is 4. The molecule has 2 aromatic heterocycles. The molecule has 0 aliphatic rings.